The predicted octanol–water partition coefficient (Wildman–Crippen LogP) is 2.72. The smallest absolute Gasteiger partial charge is 0.222 e. The van der Waals surface area contributed by atoms with Crippen LogP contribution in [0.5, 0.6) is 5.75 Å². The number of hydrogen-bond donors (Lipinski definition) is 0. The second-order valence-corrected chi connectivity index (χ2v) is 4.40. The van der Waals surface area contributed by atoms with Gasteiger partial charge in [0.05, 0.1) is 7.11 Å². The van der Waals surface area contributed by atoms with Gasteiger partial charge in [-0.2, -0.15) is 0 Å². The van der Waals surface area contributed by atoms with Crippen LogP contribution in [-0.4, -0.2) is 31.0 Å². The summed E-state index contributed by atoms with van der Waals surface area (Å²) in [4.78, 5) is 13.5. The highest BCUT2D eigenvalue weighted by molar-refractivity contribution is 5.78. The highest BCUT2D eigenvalue weighted by atomic mass is 16.5. The Morgan fingerprint density at radius 2 is 2.06 bits per heavy atom. The Hall–Kier alpha value is -1.77. The molecule has 96 valence electrons. The van der Waals surface area contributed by atoms with Crippen molar-refractivity contribution in [3.05, 3.63) is 35.9 Å². The van der Waals surface area contributed by atoms with E-state index in [9.17, 15) is 4.79 Å². The number of methoxy groups -OCH3 is 1. The average molecular weight is 245 g/mol. The molecule has 0 aliphatic carbocycles. The molecule has 1 heterocycles. The zero-order chi connectivity index (χ0) is 13.0. The normalized spacial score (nSPS) is 15.2. The maximum atomic E-state index is 11.6. The summed E-state index contributed by atoms with van der Waals surface area (Å²) >= 11 is 0. The van der Waals surface area contributed by atoms with Crippen LogP contribution in [0.2, 0.25) is 0 Å². The molecule has 1 aromatic carbocycles. The minimum Gasteiger partial charge on any atom is -0.497 e. The first kappa shape index (κ1) is 12.7. The fourth-order valence-corrected chi connectivity index (χ4v) is 2.19. The van der Waals surface area contributed by atoms with Crippen LogP contribution in [0.15, 0.2) is 30.3 Å². The Morgan fingerprint density at radius 1 is 1.33 bits per heavy atom. The molecule has 0 saturated heterocycles. The molecule has 1 amide bonds. The van der Waals surface area contributed by atoms with Gasteiger partial charge in [0.1, 0.15) is 5.75 Å². The van der Waals surface area contributed by atoms with E-state index in [2.05, 4.69) is 18.2 Å². The maximum Gasteiger partial charge on any atom is 0.222 e. The second-order valence-electron chi connectivity index (χ2n) is 4.40. The number of benzene rings is 1. The summed E-state index contributed by atoms with van der Waals surface area (Å²) in [6.45, 7) is 3.46. The van der Waals surface area contributed by atoms with Gasteiger partial charge in [-0.25, -0.2) is 0 Å². The third-order valence-electron chi connectivity index (χ3n) is 3.33. The Bertz CT molecular complexity index is 448. The van der Waals surface area contributed by atoms with Crippen molar-refractivity contribution in [2.75, 3.05) is 20.2 Å². The quantitative estimate of drug-likeness (QED) is 0.819. The minimum absolute atomic E-state index is 0.236. The third kappa shape index (κ3) is 2.73. The summed E-state index contributed by atoms with van der Waals surface area (Å²) in [5.74, 6) is 1.11. The molecule has 0 unspecified atom stereocenters. The molecule has 18 heavy (non-hydrogen) atoms. The summed E-state index contributed by atoms with van der Waals surface area (Å²) < 4.78 is 5.15. The SMILES string of the molecule is CCC(=O)N1CC=C(c2ccc(OC)cc2)CC1. The number of amides is 1. The topological polar surface area (TPSA) is 29.5 Å². The van der Waals surface area contributed by atoms with Crippen LogP contribution in [0.25, 0.3) is 5.57 Å². The van der Waals surface area contributed by atoms with E-state index in [0.717, 1.165) is 25.3 Å². The molecule has 1 aliphatic rings. The molecule has 2 rings (SSSR count). The van der Waals surface area contributed by atoms with Crippen LogP contribution in [-0.2, 0) is 4.79 Å². The predicted molar refractivity (Wildman–Crippen MR) is 72.5 cm³/mol. The van der Waals surface area contributed by atoms with E-state index in [4.69, 9.17) is 4.74 Å². The van der Waals surface area contributed by atoms with E-state index < -0.39 is 0 Å². The van der Waals surface area contributed by atoms with Crippen molar-refractivity contribution in [2.24, 2.45) is 0 Å². The number of rotatable bonds is 3. The average Bonchev–Trinajstić information content (AvgIpc) is 2.47. The van der Waals surface area contributed by atoms with Gasteiger partial charge in [0.25, 0.3) is 0 Å². The summed E-state index contributed by atoms with van der Waals surface area (Å²) in [5, 5.41) is 0. The molecule has 0 atom stereocenters. The van der Waals surface area contributed by atoms with Crippen LogP contribution >= 0.6 is 0 Å². The maximum absolute atomic E-state index is 11.6. The van der Waals surface area contributed by atoms with E-state index in [1.807, 2.05) is 24.0 Å². The van der Waals surface area contributed by atoms with Gasteiger partial charge in [0.15, 0.2) is 0 Å². The standard InChI is InChI=1S/C15H19NO2/c1-3-15(17)16-10-8-13(9-11-16)12-4-6-14(18-2)7-5-12/h4-8H,3,9-11H2,1-2H3. The monoisotopic (exact) mass is 245 g/mol. The van der Waals surface area contributed by atoms with E-state index in [0.29, 0.717) is 6.42 Å². The van der Waals surface area contributed by atoms with Gasteiger partial charge in [-0.1, -0.05) is 25.1 Å². The van der Waals surface area contributed by atoms with Gasteiger partial charge in [-0.05, 0) is 29.7 Å². The molecule has 1 aliphatic heterocycles. The molecule has 3 heteroatoms. The summed E-state index contributed by atoms with van der Waals surface area (Å²) in [6.07, 6.45) is 3.67. The largest absolute Gasteiger partial charge is 0.497 e. The molecule has 0 fully saturated rings. The van der Waals surface area contributed by atoms with E-state index in [1.54, 1.807) is 7.11 Å². The van der Waals surface area contributed by atoms with Crippen molar-refractivity contribution in [3.63, 3.8) is 0 Å². The first-order valence-corrected chi connectivity index (χ1v) is 6.36. The fourth-order valence-electron chi connectivity index (χ4n) is 2.19. The minimum atomic E-state index is 0.236. The van der Waals surface area contributed by atoms with Gasteiger partial charge in [0.2, 0.25) is 5.91 Å². The lowest BCUT2D eigenvalue weighted by molar-refractivity contribution is -0.130. The van der Waals surface area contributed by atoms with Crippen LogP contribution in [0, 0.1) is 0 Å². The van der Waals surface area contributed by atoms with Crippen molar-refractivity contribution in [1.29, 1.82) is 0 Å². The molecule has 0 N–H and O–H groups in total. The number of hydrogen-bond acceptors (Lipinski definition) is 2. The molecule has 0 spiro atoms. The molecule has 3 nitrogen and oxygen atoms in total. The highest BCUT2D eigenvalue weighted by Gasteiger charge is 2.16. The van der Waals surface area contributed by atoms with Crippen LogP contribution in [0.1, 0.15) is 25.3 Å². The highest BCUT2D eigenvalue weighted by Crippen LogP contribution is 2.24. The van der Waals surface area contributed by atoms with Crippen molar-refractivity contribution >= 4 is 11.5 Å². The number of carbonyl (C=O) groups excluding carboxylic acids is 1. The lowest BCUT2D eigenvalue weighted by Crippen LogP contribution is -2.34. The summed E-state index contributed by atoms with van der Waals surface area (Å²) in [5.41, 5.74) is 2.54. The molecule has 0 saturated carbocycles. The Labute approximate surface area is 108 Å². The van der Waals surface area contributed by atoms with Crippen molar-refractivity contribution in [2.45, 2.75) is 19.8 Å². The Kier molecular flexibility index (Phi) is 4.03. The molecule has 1 aromatic rings. The van der Waals surface area contributed by atoms with E-state index >= 15 is 0 Å². The first-order chi connectivity index (χ1) is 8.74. The van der Waals surface area contributed by atoms with Gasteiger partial charge >= 0.3 is 0 Å². The van der Waals surface area contributed by atoms with E-state index in [-0.39, 0.29) is 5.91 Å². The third-order valence-corrected chi connectivity index (χ3v) is 3.33. The van der Waals surface area contributed by atoms with Crippen LogP contribution < -0.4 is 4.74 Å². The first-order valence-electron chi connectivity index (χ1n) is 6.36. The Balaban J connectivity index is 2.06. The second kappa shape index (κ2) is 5.71. The zero-order valence-electron chi connectivity index (χ0n) is 11.0. The van der Waals surface area contributed by atoms with Crippen molar-refractivity contribution in [3.8, 4) is 5.75 Å². The molecule has 0 aromatic heterocycles. The number of nitrogens with zero attached hydrogens (tertiary/aromatic N) is 1. The van der Waals surface area contributed by atoms with Crippen molar-refractivity contribution < 1.29 is 9.53 Å². The van der Waals surface area contributed by atoms with Crippen LogP contribution in [0.4, 0.5) is 0 Å². The van der Waals surface area contributed by atoms with E-state index in [1.165, 1.54) is 11.1 Å². The molecule has 0 bridgehead atoms. The molecular weight excluding hydrogens is 226 g/mol. The summed E-state index contributed by atoms with van der Waals surface area (Å²) in [7, 11) is 1.67. The van der Waals surface area contributed by atoms with Crippen LogP contribution in [0.3, 0.4) is 0 Å². The van der Waals surface area contributed by atoms with Gasteiger partial charge in [0, 0.05) is 19.5 Å². The van der Waals surface area contributed by atoms with Gasteiger partial charge in [-0.15, -0.1) is 0 Å². The van der Waals surface area contributed by atoms with Gasteiger partial charge in [-0.3, -0.25) is 4.79 Å². The van der Waals surface area contributed by atoms with Crippen molar-refractivity contribution in [1.82, 2.24) is 4.90 Å². The number of carbonyl (C=O) groups is 1. The zero-order valence-corrected chi connectivity index (χ0v) is 11.0. The lowest BCUT2D eigenvalue weighted by atomic mass is 9.99. The molecular formula is C15H19NO2. The molecule has 0 radical (unpaired) electrons. The van der Waals surface area contributed by atoms with Gasteiger partial charge < -0.3 is 9.64 Å². The lowest BCUT2D eigenvalue weighted by Gasteiger charge is -2.26. The Morgan fingerprint density at radius 3 is 2.56 bits per heavy atom. The number of ether oxygens (including phenoxy) is 1. The fraction of sp³-hybridized carbons (Fsp3) is 0.400. The summed E-state index contributed by atoms with van der Waals surface area (Å²) in [6, 6.07) is 8.09.